The van der Waals surface area contributed by atoms with Crippen LogP contribution in [0.3, 0.4) is 0 Å². The molecule has 0 saturated carbocycles. The Bertz CT molecular complexity index is 1220. The van der Waals surface area contributed by atoms with Gasteiger partial charge in [-0.15, -0.1) is 15.3 Å². The van der Waals surface area contributed by atoms with Gasteiger partial charge >= 0.3 is 5.69 Å². The molecule has 0 aliphatic heterocycles. The van der Waals surface area contributed by atoms with Crippen LogP contribution in [0.15, 0.2) is 59.7 Å². The third kappa shape index (κ3) is 2.49. The van der Waals surface area contributed by atoms with E-state index in [0.717, 1.165) is 12.3 Å². The SMILES string of the molecule is O=c1ccn(-c2ccc3nnc(-c4ccccc4F)n3n2)cc1[N+](=O)[O-]. The molecule has 128 valence electrons. The molecule has 0 amide bonds. The fourth-order valence-electron chi connectivity index (χ4n) is 2.48. The average molecular weight is 352 g/mol. The smallest absolute Gasteiger partial charge is 0.300 e. The zero-order valence-corrected chi connectivity index (χ0v) is 13.0. The number of nitrogens with zero attached hydrogens (tertiary/aromatic N) is 6. The van der Waals surface area contributed by atoms with Crippen LogP contribution in [0, 0.1) is 15.9 Å². The Labute approximate surface area is 144 Å². The van der Waals surface area contributed by atoms with Crippen molar-refractivity contribution in [3.05, 3.63) is 81.0 Å². The second-order valence-electron chi connectivity index (χ2n) is 5.32. The van der Waals surface area contributed by atoms with Gasteiger partial charge < -0.3 is 4.57 Å². The van der Waals surface area contributed by atoms with Crippen LogP contribution in [0.25, 0.3) is 22.9 Å². The van der Waals surface area contributed by atoms with E-state index >= 15 is 0 Å². The summed E-state index contributed by atoms with van der Waals surface area (Å²) in [5, 5.41) is 23.2. The van der Waals surface area contributed by atoms with Gasteiger partial charge in [0, 0.05) is 12.3 Å². The first-order valence-corrected chi connectivity index (χ1v) is 7.39. The lowest BCUT2D eigenvalue weighted by molar-refractivity contribution is -0.386. The van der Waals surface area contributed by atoms with Crippen LogP contribution in [0.5, 0.6) is 0 Å². The summed E-state index contributed by atoms with van der Waals surface area (Å²) in [5.74, 6) is -0.0125. The van der Waals surface area contributed by atoms with E-state index in [2.05, 4.69) is 15.3 Å². The number of fused-ring (bicyclic) bond motifs is 1. The lowest BCUT2D eigenvalue weighted by Gasteiger charge is -2.06. The summed E-state index contributed by atoms with van der Waals surface area (Å²) in [6.07, 6.45) is 2.43. The molecule has 0 aliphatic rings. The van der Waals surface area contributed by atoms with Gasteiger partial charge in [-0.3, -0.25) is 14.9 Å². The first-order valence-electron chi connectivity index (χ1n) is 7.39. The summed E-state index contributed by atoms with van der Waals surface area (Å²) in [5.41, 5.74) is -0.686. The molecule has 0 bridgehead atoms. The van der Waals surface area contributed by atoms with Gasteiger partial charge in [0.2, 0.25) is 0 Å². The molecule has 4 rings (SSSR count). The summed E-state index contributed by atoms with van der Waals surface area (Å²) < 4.78 is 16.7. The molecule has 10 heteroatoms. The van der Waals surface area contributed by atoms with E-state index in [1.165, 1.54) is 21.3 Å². The highest BCUT2D eigenvalue weighted by atomic mass is 19.1. The summed E-state index contributed by atoms with van der Waals surface area (Å²) in [6, 6.07) is 10.3. The Kier molecular flexibility index (Phi) is 3.50. The first-order chi connectivity index (χ1) is 12.5. The standard InChI is InChI=1S/C16H9FN6O3/c17-11-4-2-1-3-10(11)16-19-18-14-5-6-15(20-22(14)16)21-8-7-13(24)12(9-21)23(25)26/h1-9H. The predicted molar refractivity (Wildman–Crippen MR) is 88.4 cm³/mol. The highest BCUT2D eigenvalue weighted by Crippen LogP contribution is 2.21. The minimum atomic E-state index is -0.763. The number of nitro groups is 1. The summed E-state index contributed by atoms with van der Waals surface area (Å²) in [6.45, 7) is 0. The van der Waals surface area contributed by atoms with E-state index in [0.29, 0.717) is 5.65 Å². The van der Waals surface area contributed by atoms with Gasteiger partial charge in [0.15, 0.2) is 17.3 Å². The van der Waals surface area contributed by atoms with Crippen LogP contribution >= 0.6 is 0 Å². The molecule has 0 saturated heterocycles. The molecule has 0 atom stereocenters. The molecule has 3 aromatic heterocycles. The number of halogens is 1. The zero-order valence-electron chi connectivity index (χ0n) is 13.0. The minimum Gasteiger partial charge on any atom is -0.300 e. The van der Waals surface area contributed by atoms with Crippen LogP contribution < -0.4 is 5.43 Å². The van der Waals surface area contributed by atoms with Crippen molar-refractivity contribution in [2.24, 2.45) is 0 Å². The molecular weight excluding hydrogens is 343 g/mol. The first kappa shape index (κ1) is 15.6. The maximum absolute atomic E-state index is 14.1. The van der Waals surface area contributed by atoms with Crippen molar-refractivity contribution >= 4 is 11.3 Å². The molecule has 0 unspecified atom stereocenters. The molecule has 0 radical (unpaired) electrons. The van der Waals surface area contributed by atoms with Crippen molar-refractivity contribution in [2.45, 2.75) is 0 Å². The highest BCUT2D eigenvalue weighted by Gasteiger charge is 2.16. The number of rotatable bonds is 3. The maximum Gasteiger partial charge on any atom is 0.332 e. The Hall–Kier alpha value is -3.95. The fourth-order valence-corrected chi connectivity index (χ4v) is 2.48. The van der Waals surface area contributed by atoms with Crippen molar-refractivity contribution in [3.8, 4) is 17.2 Å². The number of benzene rings is 1. The summed E-state index contributed by atoms with van der Waals surface area (Å²) in [7, 11) is 0. The van der Waals surface area contributed by atoms with E-state index in [9.17, 15) is 19.3 Å². The molecule has 1 aromatic carbocycles. The van der Waals surface area contributed by atoms with Crippen LogP contribution in [0.4, 0.5) is 10.1 Å². The number of hydrogen-bond acceptors (Lipinski definition) is 6. The summed E-state index contributed by atoms with van der Waals surface area (Å²) >= 11 is 0. The fraction of sp³-hybridized carbons (Fsp3) is 0. The predicted octanol–water partition coefficient (Wildman–Crippen LogP) is 1.99. The zero-order chi connectivity index (χ0) is 18.3. The molecule has 3 heterocycles. The van der Waals surface area contributed by atoms with E-state index in [1.807, 2.05) is 0 Å². The maximum atomic E-state index is 14.1. The van der Waals surface area contributed by atoms with Gasteiger partial charge in [0.1, 0.15) is 5.82 Å². The minimum absolute atomic E-state index is 0.190. The monoisotopic (exact) mass is 352 g/mol. The quantitative estimate of drug-likeness (QED) is 0.412. The van der Waals surface area contributed by atoms with Gasteiger partial charge in [0.05, 0.1) is 16.7 Å². The lowest BCUT2D eigenvalue weighted by atomic mass is 10.2. The molecule has 0 spiro atoms. The molecule has 26 heavy (non-hydrogen) atoms. The average Bonchev–Trinajstić information content (AvgIpc) is 3.05. The van der Waals surface area contributed by atoms with Crippen LogP contribution in [0.1, 0.15) is 0 Å². The molecule has 0 aliphatic carbocycles. The summed E-state index contributed by atoms with van der Waals surface area (Å²) in [4.78, 5) is 21.7. The Morgan fingerprint density at radius 2 is 1.88 bits per heavy atom. The van der Waals surface area contributed by atoms with Gasteiger partial charge in [-0.1, -0.05) is 12.1 Å². The van der Waals surface area contributed by atoms with Gasteiger partial charge in [-0.05, 0) is 24.3 Å². The second-order valence-corrected chi connectivity index (χ2v) is 5.32. The van der Waals surface area contributed by atoms with Crippen molar-refractivity contribution in [3.63, 3.8) is 0 Å². The largest absolute Gasteiger partial charge is 0.332 e. The number of hydrogen-bond donors (Lipinski definition) is 0. The van der Waals surface area contributed by atoms with Crippen molar-refractivity contribution in [1.82, 2.24) is 24.4 Å². The molecule has 4 aromatic rings. The van der Waals surface area contributed by atoms with E-state index in [4.69, 9.17) is 0 Å². The molecule has 9 nitrogen and oxygen atoms in total. The highest BCUT2D eigenvalue weighted by molar-refractivity contribution is 5.59. The Morgan fingerprint density at radius 3 is 2.65 bits per heavy atom. The lowest BCUT2D eigenvalue weighted by Crippen LogP contribution is -2.11. The van der Waals surface area contributed by atoms with Crippen molar-refractivity contribution < 1.29 is 9.31 Å². The molecule has 0 fully saturated rings. The van der Waals surface area contributed by atoms with Gasteiger partial charge in [0.25, 0.3) is 5.43 Å². The van der Waals surface area contributed by atoms with Crippen molar-refractivity contribution in [2.75, 3.05) is 0 Å². The van der Waals surface area contributed by atoms with Crippen molar-refractivity contribution in [1.29, 1.82) is 0 Å². The van der Waals surface area contributed by atoms with Crippen LogP contribution in [-0.2, 0) is 0 Å². The topological polar surface area (TPSA) is 108 Å². The van der Waals surface area contributed by atoms with Crippen LogP contribution in [0.2, 0.25) is 0 Å². The Balaban J connectivity index is 1.90. The van der Waals surface area contributed by atoms with E-state index in [1.54, 1.807) is 30.3 Å². The Morgan fingerprint density at radius 1 is 1.08 bits per heavy atom. The molecule has 0 N–H and O–H groups in total. The van der Waals surface area contributed by atoms with E-state index in [-0.39, 0.29) is 17.2 Å². The third-order valence-electron chi connectivity index (χ3n) is 3.73. The number of pyridine rings is 1. The molecular formula is C16H9FN6O3. The number of aromatic nitrogens is 5. The van der Waals surface area contributed by atoms with Gasteiger partial charge in [-0.25, -0.2) is 4.39 Å². The van der Waals surface area contributed by atoms with E-state index < -0.39 is 21.9 Å². The van der Waals surface area contributed by atoms with Crippen LogP contribution in [-0.4, -0.2) is 29.3 Å². The normalized spacial score (nSPS) is 11.0. The third-order valence-corrected chi connectivity index (χ3v) is 3.73. The second kappa shape index (κ2) is 5.84. The van der Waals surface area contributed by atoms with Gasteiger partial charge in [-0.2, -0.15) is 4.52 Å².